The van der Waals surface area contributed by atoms with E-state index >= 15 is 0 Å². The summed E-state index contributed by atoms with van der Waals surface area (Å²) in [6.45, 7) is 6.27. The van der Waals surface area contributed by atoms with Crippen molar-refractivity contribution < 1.29 is 23.7 Å². The van der Waals surface area contributed by atoms with Gasteiger partial charge in [-0.15, -0.1) is 0 Å². The zero-order valence-corrected chi connectivity index (χ0v) is 13.0. The Kier molecular flexibility index (Phi) is 7.06. The van der Waals surface area contributed by atoms with Crippen LogP contribution < -0.4 is 0 Å². The molecule has 2 atom stereocenters. The molecule has 2 aliphatic heterocycles. The first-order valence-electron chi connectivity index (χ1n) is 6.71. The number of rotatable bonds is 9. The lowest BCUT2D eigenvalue weighted by atomic mass is 10.3. The van der Waals surface area contributed by atoms with Crippen molar-refractivity contribution in [1.82, 2.24) is 0 Å². The number of hydrogen-bond acceptors (Lipinski definition) is 7. The van der Waals surface area contributed by atoms with Crippen LogP contribution in [0.3, 0.4) is 0 Å². The van der Waals surface area contributed by atoms with E-state index in [4.69, 9.17) is 18.9 Å². The molecule has 5 nitrogen and oxygen atoms in total. The Bertz CT molecular complexity index is 305. The van der Waals surface area contributed by atoms with E-state index in [0.29, 0.717) is 32.2 Å². The van der Waals surface area contributed by atoms with Crippen LogP contribution in [0.1, 0.15) is 12.8 Å². The Balaban J connectivity index is 1.35. The minimum absolute atomic E-state index is 0.0751. The van der Waals surface area contributed by atoms with Crippen molar-refractivity contribution in [2.24, 2.45) is 0 Å². The molecule has 2 unspecified atom stereocenters. The van der Waals surface area contributed by atoms with Gasteiger partial charge in [0.25, 0.3) is 0 Å². The lowest BCUT2D eigenvalue weighted by Gasteiger charge is -2.11. The predicted molar refractivity (Wildman–Crippen MR) is 80.1 cm³/mol. The molecule has 0 bridgehead atoms. The second kappa shape index (κ2) is 8.81. The van der Waals surface area contributed by atoms with Crippen molar-refractivity contribution in [3.05, 3.63) is 11.7 Å². The fraction of sp³-hybridized carbons (Fsp3) is 0.769. The van der Waals surface area contributed by atoms with Crippen LogP contribution in [-0.4, -0.2) is 55.4 Å². The van der Waals surface area contributed by atoms with Gasteiger partial charge in [-0.1, -0.05) is 11.8 Å². The number of unbranched alkanes of at least 4 members (excludes halogenated alkanes) is 1. The molecule has 7 heteroatoms. The summed E-state index contributed by atoms with van der Waals surface area (Å²) in [4.78, 5) is 10.8. The number of carbonyl (C=O) groups is 1. The van der Waals surface area contributed by atoms with E-state index in [1.54, 1.807) is 11.8 Å². The fourth-order valence-electron chi connectivity index (χ4n) is 1.81. The molecule has 2 aliphatic rings. The Labute approximate surface area is 127 Å². The van der Waals surface area contributed by atoms with Crippen LogP contribution >= 0.6 is 23.5 Å². The molecule has 2 fully saturated rings. The van der Waals surface area contributed by atoms with Crippen LogP contribution in [0.4, 0.5) is 4.79 Å². The van der Waals surface area contributed by atoms with Crippen LogP contribution in [-0.2, 0) is 18.9 Å². The largest absolute Gasteiger partial charge is 0.482 e. The van der Waals surface area contributed by atoms with Gasteiger partial charge in [0.2, 0.25) is 0 Å². The van der Waals surface area contributed by atoms with Gasteiger partial charge in [0, 0.05) is 24.7 Å². The summed E-state index contributed by atoms with van der Waals surface area (Å²) in [5.41, 5.74) is 0. The monoisotopic (exact) mass is 320 g/mol. The standard InChI is InChI=1S/C13H20O5S2/c1-10-17-11(8-19-10)6-15-4-2-3-5-16-7-12-9-20-13(14)18-12/h11-12H,1-9H2. The van der Waals surface area contributed by atoms with Gasteiger partial charge in [0.15, 0.2) is 0 Å². The molecule has 2 rings (SSSR count). The van der Waals surface area contributed by atoms with Crippen molar-refractivity contribution in [3.8, 4) is 0 Å². The molecule has 114 valence electrons. The van der Waals surface area contributed by atoms with Gasteiger partial charge >= 0.3 is 5.30 Å². The summed E-state index contributed by atoms with van der Waals surface area (Å²) in [7, 11) is 0. The lowest BCUT2D eigenvalue weighted by Crippen LogP contribution is -2.18. The number of thioether (sulfide) groups is 2. The van der Waals surface area contributed by atoms with Crippen LogP contribution in [0, 0.1) is 0 Å². The number of cyclic esters (lactones) is 1. The molecule has 0 aromatic heterocycles. The van der Waals surface area contributed by atoms with Crippen molar-refractivity contribution in [2.45, 2.75) is 25.0 Å². The van der Waals surface area contributed by atoms with Crippen molar-refractivity contribution in [1.29, 1.82) is 0 Å². The Morgan fingerprint density at radius 1 is 1.05 bits per heavy atom. The third kappa shape index (κ3) is 5.95. The molecular formula is C13H20O5S2. The van der Waals surface area contributed by atoms with Gasteiger partial charge in [-0.25, -0.2) is 4.79 Å². The van der Waals surface area contributed by atoms with E-state index in [0.717, 1.165) is 23.7 Å². The second-order valence-corrected chi connectivity index (χ2v) is 6.61. The van der Waals surface area contributed by atoms with Crippen LogP contribution in [0.25, 0.3) is 0 Å². The predicted octanol–water partition coefficient (Wildman–Crippen LogP) is 2.66. The highest BCUT2D eigenvalue weighted by atomic mass is 32.2. The smallest absolute Gasteiger partial charge is 0.367 e. The molecule has 0 aromatic rings. The van der Waals surface area contributed by atoms with Crippen molar-refractivity contribution >= 4 is 28.8 Å². The molecule has 0 aromatic carbocycles. The minimum Gasteiger partial charge on any atom is -0.482 e. The molecular weight excluding hydrogens is 300 g/mol. The highest BCUT2D eigenvalue weighted by molar-refractivity contribution is 8.13. The first kappa shape index (κ1) is 16.0. The second-order valence-electron chi connectivity index (χ2n) is 4.58. The SMILES string of the molecule is C=C1OC(COCCCCOCC2CSC(=O)O2)CS1. The lowest BCUT2D eigenvalue weighted by molar-refractivity contribution is 0.0284. The minimum atomic E-state index is -0.193. The maximum Gasteiger partial charge on any atom is 0.367 e. The van der Waals surface area contributed by atoms with Gasteiger partial charge in [-0.2, -0.15) is 0 Å². The first-order chi connectivity index (χ1) is 9.74. The highest BCUT2D eigenvalue weighted by Gasteiger charge is 2.24. The van der Waals surface area contributed by atoms with Crippen LogP contribution in [0.5, 0.6) is 0 Å². The van der Waals surface area contributed by atoms with Gasteiger partial charge in [0.05, 0.1) is 13.2 Å². The normalized spacial score (nSPS) is 25.8. The average Bonchev–Trinajstić information content (AvgIpc) is 3.02. The zero-order chi connectivity index (χ0) is 14.2. The first-order valence-corrected chi connectivity index (χ1v) is 8.68. The Morgan fingerprint density at radius 3 is 2.15 bits per heavy atom. The van der Waals surface area contributed by atoms with E-state index < -0.39 is 0 Å². The van der Waals surface area contributed by atoms with E-state index in [1.807, 2.05) is 0 Å². The summed E-state index contributed by atoms with van der Waals surface area (Å²) in [6.07, 6.45) is 1.98. The molecule has 20 heavy (non-hydrogen) atoms. The number of hydrogen-bond donors (Lipinski definition) is 0. The van der Waals surface area contributed by atoms with Crippen LogP contribution in [0.2, 0.25) is 0 Å². The third-order valence-corrected chi connectivity index (χ3v) is 4.64. The van der Waals surface area contributed by atoms with E-state index in [-0.39, 0.29) is 17.5 Å². The van der Waals surface area contributed by atoms with Gasteiger partial charge < -0.3 is 18.9 Å². The molecule has 0 spiro atoms. The molecule has 0 amide bonds. The van der Waals surface area contributed by atoms with Gasteiger partial charge in [-0.05, 0) is 31.2 Å². The Hall–Kier alpha value is -0.370. The molecule has 0 aliphatic carbocycles. The summed E-state index contributed by atoms with van der Waals surface area (Å²) in [5, 5.41) is 0.597. The quantitative estimate of drug-likeness (QED) is 0.478. The van der Waals surface area contributed by atoms with Gasteiger partial charge in [0.1, 0.15) is 17.3 Å². The summed E-state index contributed by atoms with van der Waals surface area (Å²) in [6, 6.07) is 0. The Morgan fingerprint density at radius 2 is 1.65 bits per heavy atom. The van der Waals surface area contributed by atoms with Crippen molar-refractivity contribution in [2.75, 3.05) is 37.9 Å². The van der Waals surface area contributed by atoms with E-state index in [1.165, 1.54) is 11.8 Å². The molecule has 2 saturated heterocycles. The molecule has 0 N–H and O–H groups in total. The molecule has 2 heterocycles. The summed E-state index contributed by atoms with van der Waals surface area (Å²) < 4.78 is 21.5. The maximum atomic E-state index is 10.8. The topological polar surface area (TPSA) is 54.0 Å². The molecule has 0 saturated carbocycles. The number of carbonyl (C=O) groups excluding carboxylic acids is 1. The van der Waals surface area contributed by atoms with E-state index in [2.05, 4.69) is 6.58 Å². The third-order valence-electron chi connectivity index (χ3n) is 2.81. The van der Waals surface area contributed by atoms with Crippen molar-refractivity contribution in [3.63, 3.8) is 0 Å². The summed E-state index contributed by atoms with van der Waals surface area (Å²) >= 11 is 2.85. The number of ether oxygens (including phenoxy) is 4. The highest BCUT2D eigenvalue weighted by Crippen LogP contribution is 2.27. The van der Waals surface area contributed by atoms with Gasteiger partial charge in [-0.3, -0.25) is 0 Å². The average molecular weight is 320 g/mol. The van der Waals surface area contributed by atoms with E-state index in [9.17, 15) is 4.79 Å². The van der Waals surface area contributed by atoms with Crippen LogP contribution in [0.15, 0.2) is 11.7 Å². The summed E-state index contributed by atoms with van der Waals surface area (Å²) in [5.74, 6) is 1.63. The fourth-order valence-corrected chi connectivity index (χ4v) is 3.24. The zero-order valence-electron chi connectivity index (χ0n) is 11.4. The maximum absolute atomic E-state index is 10.8. The molecule has 0 radical (unpaired) electrons.